The molecule has 2 radical (unpaired) electrons. The third-order valence-corrected chi connectivity index (χ3v) is 0. The van der Waals surface area contributed by atoms with Crippen molar-refractivity contribution in [2.24, 2.45) is 0 Å². The number of hydrogen-bond acceptors (Lipinski definition) is 0. The van der Waals surface area contributed by atoms with Gasteiger partial charge in [0, 0.05) is 103 Å². The Hall–Kier alpha value is 3.43. The summed E-state index contributed by atoms with van der Waals surface area (Å²) >= 11 is 0. The van der Waals surface area contributed by atoms with Crippen molar-refractivity contribution in [2.45, 2.75) is 41.5 Å². The van der Waals surface area contributed by atoms with Crippen molar-refractivity contribution >= 4 is 0 Å². The molecule has 0 saturated heterocycles. The molecule has 0 fully saturated rings. The Labute approximate surface area is 169 Å². The molecule has 0 bridgehead atoms. The standard InChI is InChI=1S/2C4H9.2CH3.U.V.W.Y/c2*1-4(2)3;;;;;;/h2*1-3H3;2*1H3;;;;/q4*-1;;;;. The first-order valence-electron chi connectivity index (χ1n) is 3.00. The minimum atomic E-state index is 0. The normalized spacial score (nSPS) is 5.14. The van der Waals surface area contributed by atoms with Crippen LogP contribution in [0.4, 0.5) is 0 Å². The third-order valence-electron chi connectivity index (χ3n) is 0. The van der Waals surface area contributed by atoms with Gasteiger partial charge in [0.05, 0.1) is 0 Å². The van der Waals surface area contributed by atoms with Crippen LogP contribution in [-0.2, 0) is 72.3 Å². The van der Waals surface area contributed by atoms with Crippen LogP contribution in [-0.4, -0.2) is 0 Å². The molecule has 14 heavy (non-hydrogen) atoms. The molecule has 0 unspecified atom stereocenters. The first kappa shape index (κ1) is 52.9. The van der Waals surface area contributed by atoms with Gasteiger partial charge in [0.1, 0.15) is 0 Å². The zero-order chi connectivity index (χ0) is 7.15. The molecule has 0 saturated carbocycles. The van der Waals surface area contributed by atoms with Crippen LogP contribution in [0.3, 0.4) is 0 Å². The van der Waals surface area contributed by atoms with E-state index in [1.807, 2.05) is 0 Å². The van der Waals surface area contributed by atoms with Gasteiger partial charge in [-0.1, -0.05) is 0 Å². The fourth-order valence-corrected chi connectivity index (χ4v) is 0. The van der Waals surface area contributed by atoms with Crippen LogP contribution in [0, 0.1) is 57.8 Å². The first-order chi connectivity index (χ1) is 3.46. The molecule has 4 heteroatoms. The SMILES string of the molecule is C[C-](C)C.C[C-](C)C.[CH3-].[CH3-].[U].[V].[W].[Y]. The molecule has 0 aliphatic heterocycles. The minimum absolute atomic E-state index is 0. The number of hydrogen-bond donors (Lipinski definition) is 0. The van der Waals surface area contributed by atoms with Gasteiger partial charge in [-0.15, -0.1) is 0 Å². The van der Waals surface area contributed by atoms with E-state index in [9.17, 15) is 0 Å². The van der Waals surface area contributed by atoms with Crippen LogP contribution < -0.4 is 0 Å². The maximum absolute atomic E-state index is 2.08. The quantitative estimate of drug-likeness (QED) is 0.333. The summed E-state index contributed by atoms with van der Waals surface area (Å²) in [7, 11) is 0. The maximum Gasteiger partial charge on any atom is 0 e. The van der Waals surface area contributed by atoms with Crippen LogP contribution in [0.15, 0.2) is 0 Å². The van der Waals surface area contributed by atoms with Crippen LogP contribution in [0.1, 0.15) is 41.5 Å². The van der Waals surface area contributed by atoms with Crippen molar-refractivity contribution in [3.8, 4) is 0 Å². The van der Waals surface area contributed by atoms with E-state index in [1.165, 1.54) is 11.8 Å². The Morgan fingerprint density at radius 1 is 0.643 bits per heavy atom. The van der Waals surface area contributed by atoms with E-state index in [2.05, 4.69) is 41.5 Å². The molecule has 86 valence electrons. The summed E-state index contributed by atoms with van der Waals surface area (Å²) < 4.78 is 0. The topological polar surface area (TPSA) is 0 Å². The molecule has 0 atom stereocenters. The monoisotopic (exact) mass is 706 g/mol. The molecule has 0 heterocycles. The van der Waals surface area contributed by atoms with Gasteiger partial charge in [-0.05, 0) is 0 Å². The van der Waals surface area contributed by atoms with E-state index in [0.29, 0.717) is 0 Å². The molecule has 0 aliphatic carbocycles. The van der Waals surface area contributed by atoms with Crippen molar-refractivity contribution < 1.29 is 103 Å². The summed E-state index contributed by atoms with van der Waals surface area (Å²) in [6.07, 6.45) is 0. The summed E-state index contributed by atoms with van der Waals surface area (Å²) in [6.45, 7) is 12.5. The molecule has 0 rings (SSSR count). The van der Waals surface area contributed by atoms with Crippen molar-refractivity contribution in [2.75, 3.05) is 0 Å². The Balaban J connectivity index is -0.00000000600. The second-order valence-corrected chi connectivity index (χ2v) is 3.00. The largest absolute Gasteiger partial charge is 0.358 e. The molecule has 0 aromatic carbocycles. The molecule has 0 aromatic heterocycles. The van der Waals surface area contributed by atoms with Gasteiger partial charge in [0.25, 0.3) is 0 Å². The van der Waals surface area contributed by atoms with Crippen LogP contribution in [0.5, 0.6) is 0 Å². The van der Waals surface area contributed by atoms with E-state index < -0.39 is 0 Å². The Morgan fingerprint density at radius 3 is 0.643 bits per heavy atom. The van der Waals surface area contributed by atoms with Crippen molar-refractivity contribution in [1.82, 2.24) is 0 Å². The molecular formula is C10H24UVWY-4. The molecule has 0 spiro atoms. The van der Waals surface area contributed by atoms with Crippen LogP contribution in [0.25, 0.3) is 0 Å². The fraction of sp³-hybridized carbons (Fsp3) is 0.600. The van der Waals surface area contributed by atoms with Gasteiger partial charge in [-0.25, -0.2) is 0 Å². The van der Waals surface area contributed by atoms with Gasteiger partial charge in [-0.2, -0.15) is 41.5 Å². The third kappa shape index (κ3) is 273. The van der Waals surface area contributed by atoms with E-state index in [4.69, 9.17) is 0 Å². The molecular weight excluding hydrogens is 682 g/mol. The average molecular weight is 706 g/mol. The van der Waals surface area contributed by atoms with Gasteiger partial charge in [-0.3, -0.25) is 0 Å². The van der Waals surface area contributed by atoms with Crippen molar-refractivity contribution in [3.63, 3.8) is 0 Å². The smallest absolute Gasteiger partial charge is 0 e. The molecule has 0 nitrogen and oxygen atoms in total. The minimum Gasteiger partial charge on any atom is -0.358 e. The van der Waals surface area contributed by atoms with Gasteiger partial charge in [0.2, 0.25) is 0 Å². The molecule has 0 aliphatic rings. The van der Waals surface area contributed by atoms with Gasteiger partial charge in [0.15, 0.2) is 0 Å². The Bertz CT molecular complexity index is 35.6. The summed E-state index contributed by atoms with van der Waals surface area (Å²) in [4.78, 5) is 0. The predicted molar refractivity (Wildman–Crippen MR) is 53.4 cm³/mol. The summed E-state index contributed by atoms with van der Waals surface area (Å²) in [5.74, 6) is 2.83. The predicted octanol–water partition coefficient (Wildman–Crippen LogP) is 4.13. The summed E-state index contributed by atoms with van der Waals surface area (Å²) in [5, 5.41) is 0. The second-order valence-electron chi connectivity index (χ2n) is 3.00. The summed E-state index contributed by atoms with van der Waals surface area (Å²) in [6, 6.07) is 0. The van der Waals surface area contributed by atoms with E-state index in [0.717, 1.165) is 0 Å². The fourth-order valence-electron chi connectivity index (χ4n) is 0. The van der Waals surface area contributed by atoms with Gasteiger partial charge >= 0.3 is 0 Å². The molecule has 0 amide bonds. The zero-order valence-corrected chi connectivity index (χ0v) is 22.3. The zero-order valence-electron chi connectivity index (χ0n) is 10.9. The number of rotatable bonds is 0. The summed E-state index contributed by atoms with van der Waals surface area (Å²) in [5.41, 5.74) is 0. The van der Waals surface area contributed by atoms with Gasteiger partial charge < -0.3 is 26.7 Å². The Morgan fingerprint density at radius 2 is 0.643 bits per heavy atom. The van der Waals surface area contributed by atoms with Crippen LogP contribution >= 0.6 is 0 Å². The second kappa shape index (κ2) is 44.0. The van der Waals surface area contributed by atoms with E-state index >= 15 is 0 Å². The van der Waals surface area contributed by atoms with E-state index in [-0.39, 0.29) is 118 Å². The average Bonchev–Trinajstić information content (AvgIpc) is 1.25. The Kier molecular flexibility index (Phi) is 166. The molecule has 0 aromatic rings. The maximum atomic E-state index is 2.08. The van der Waals surface area contributed by atoms with Crippen molar-refractivity contribution in [3.05, 3.63) is 26.7 Å². The first-order valence-corrected chi connectivity index (χ1v) is 3.00. The van der Waals surface area contributed by atoms with Crippen LogP contribution in [0.2, 0.25) is 0 Å². The van der Waals surface area contributed by atoms with E-state index in [1.54, 1.807) is 0 Å². The molecule has 0 N–H and O–H groups in total. The van der Waals surface area contributed by atoms with Crippen molar-refractivity contribution in [1.29, 1.82) is 0 Å².